The van der Waals surface area contributed by atoms with Crippen LogP contribution < -0.4 is 10.9 Å². The first-order valence-electron chi connectivity index (χ1n) is 10.2. The normalized spacial score (nSPS) is 11.0. The van der Waals surface area contributed by atoms with Gasteiger partial charge in [0.05, 0.1) is 11.1 Å². The second-order valence-corrected chi connectivity index (χ2v) is 7.34. The zero-order valence-electron chi connectivity index (χ0n) is 17.4. The van der Waals surface area contributed by atoms with Crippen LogP contribution in [0.2, 0.25) is 0 Å². The van der Waals surface area contributed by atoms with Gasteiger partial charge < -0.3 is 5.32 Å². The summed E-state index contributed by atoms with van der Waals surface area (Å²) in [7, 11) is 0. The van der Waals surface area contributed by atoms with Crippen molar-refractivity contribution in [2.24, 2.45) is 0 Å². The number of carbonyl (C=O) groups excluding carboxylic acids is 1. The van der Waals surface area contributed by atoms with Crippen LogP contribution in [-0.4, -0.2) is 35.9 Å². The van der Waals surface area contributed by atoms with E-state index in [1.54, 1.807) is 35.0 Å². The Labute approximate surface area is 178 Å². The summed E-state index contributed by atoms with van der Waals surface area (Å²) >= 11 is 0. The molecule has 0 fully saturated rings. The van der Waals surface area contributed by atoms with Gasteiger partial charge in [-0.25, -0.2) is 9.36 Å². The number of amides is 1. The van der Waals surface area contributed by atoms with Gasteiger partial charge in [0, 0.05) is 17.6 Å². The standard InChI is InChI=1S/C22H23N7O2/c1-3-4-7-12-28-22(31)18-9-6-5-8-17(18)20(25-28)21(30)24-16-10-11-19(15(2)13-16)29-14-23-26-27-29/h5-6,8-11,13-14H,3-4,7,12H2,1-2H3,(H,24,30). The van der Waals surface area contributed by atoms with E-state index in [4.69, 9.17) is 0 Å². The van der Waals surface area contributed by atoms with Gasteiger partial charge in [-0.05, 0) is 53.6 Å². The molecule has 0 spiro atoms. The van der Waals surface area contributed by atoms with Gasteiger partial charge in [0.2, 0.25) is 0 Å². The van der Waals surface area contributed by atoms with Crippen molar-refractivity contribution in [2.45, 2.75) is 39.7 Å². The lowest BCUT2D eigenvalue weighted by molar-refractivity contribution is 0.102. The molecule has 2 aromatic carbocycles. The lowest BCUT2D eigenvalue weighted by Crippen LogP contribution is -2.27. The summed E-state index contributed by atoms with van der Waals surface area (Å²) in [4.78, 5) is 25.9. The molecular formula is C22H23N7O2. The molecule has 9 heteroatoms. The maximum Gasteiger partial charge on any atom is 0.276 e. The first-order valence-corrected chi connectivity index (χ1v) is 10.2. The third-order valence-corrected chi connectivity index (χ3v) is 5.11. The second kappa shape index (κ2) is 8.86. The molecule has 0 bridgehead atoms. The number of nitrogens with zero attached hydrogens (tertiary/aromatic N) is 6. The summed E-state index contributed by atoms with van der Waals surface area (Å²) in [5.41, 5.74) is 2.39. The monoisotopic (exact) mass is 417 g/mol. The van der Waals surface area contributed by atoms with Crippen molar-refractivity contribution in [1.29, 1.82) is 0 Å². The fourth-order valence-corrected chi connectivity index (χ4v) is 3.52. The molecule has 31 heavy (non-hydrogen) atoms. The van der Waals surface area contributed by atoms with Gasteiger partial charge in [-0.3, -0.25) is 9.59 Å². The number of tetrazole rings is 1. The molecule has 2 heterocycles. The van der Waals surface area contributed by atoms with Crippen LogP contribution in [0, 0.1) is 6.92 Å². The number of carbonyl (C=O) groups is 1. The van der Waals surface area contributed by atoms with Crippen LogP contribution in [0.25, 0.3) is 16.5 Å². The number of fused-ring (bicyclic) bond motifs is 1. The average molecular weight is 417 g/mol. The molecule has 158 valence electrons. The Bertz CT molecular complexity index is 1280. The van der Waals surface area contributed by atoms with E-state index in [9.17, 15) is 9.59 Å². The number of rotatable bonds is 7. The predicted molar refractivity (Wildman–Crippen MR) is 117 cm³/mol. The number of anilines is 1. The van der Waals surface area contributed by atoms with E-state index < -0.39 is 0 Å². The van der Waals surface area contributed by atoms with Gasteiger partial charge >= 0.3 is 0 Å². The summed E-state index contributed by atoms with van der Waals surface area (Å²) in [6.07, 6.45) is 4.38. The van der Waals surface area contributed by atoms with Crippen LogP contribution in [0.4, 0.5) is 5.69 Å². The maximum absolute atomic E-state index is 13.1. The third-order valence-electron chi connectivity index (χ3n) is 5.11. The molecule has 0 saturated heterocycles. The molecule has 9 nitrogen and oxygen atoms in total. The lowest BCUT2D eigenvalue weighted by atomic mass is 10.1. The Balaban J connectivity index is 1.66. The Kier molecular flexibility index (Phi) is 5.83. The van der Waals surface area contributed by atoms with E-state index in [0.29, 0.717) is 23.0 Å². The van der Waals surface area contributed by atoms with Crippen molar-refractivity contribution in [3.8, 4) is 5.69 Å². The van der Waals surface area contributed by atoms with Gasteiger partial charge in [-0.15, -0.1) is 5.10 Å². The lowest BCUT2D eigenvalue weighted by Gasteiger charge is -2.12. The zero-order valence-corrected chi connectivity index (χ0v) is 17.4. The summed E-state index contributed by atoms with van der Waals surface area (Å²) in [5, 5.41) is 19.5. The quantitative estimate of drug-likeness (QED) is 0.463. The molecule has 0 aliphatic rings. The van der Waals surface area contributed by atoms with Crippen LogP contribution in [0.3, 0.4) is 0 Å². The minimum atomic E-state index is -0.366. The molecule has 0 saturated carbocycles. The molecule has 1 N–H and O–H groups in total. The molecule has 2 aromatic heterocycles. The summed E-state index contributed by atoms with van der Waals surface area (Å²) in [6, 6.07) is 12.5. The van der Waals surface area contributed by atoms with E-state index in [0.717, 1.165) is 30.5 Å². The molecule has 4 aromatic rings. The van der Waals surface area contributed by atoms with Crippen LogP contribution in [0.5, 0.6) is 0 Å². The summed E-state index contributed by atoms with van der Waals surface area (Å²) in [5.74, 6) is -0.366. The Morgan fingerprint density at radius 1 is 1.10 bits per heavy atom. The van der Waals surface area contributed by atoms with Crippen LogP contribution in [0.1, 0.15) is 42.2 Å². The number of nitrogens with one attached hydrogen (secondary N) is 1. The highest BCUT2D eigenvalue weighted by molar-refractivity contribution is 6.11. The molecule has 0 radical (unpaired) electrons. The minimum absolute atomic E-state index is 0.176. The van der Waals surface area contributed by atoms with Crippen molar-refractivity contribution in [2.75, 3.05) is 5.32 Å². The zero-order chi connectivity index (χ0) is 21.8. The van der Waals surface area contributed by atoms with Crippen molar-refractivity contribution >= 4 is 22.4 Å². The molecule has 4 rings (SSSR count). The molecule has 0 aliphatic carbocycles. The topological polar surface area (TPSA) is 108 Å². The predicted octanol–water partition coefficient (Wildman–Crippen LogP) is 3.12. The third kappa shape index (κ3) is 4.20. The van der Waals surface area contributed by atoms with Gasteiger partial charge in [-0.1, -0.05) is 38.0 Å². The number of hydrogen-bond acceptors (Lipinski definition) is 6. The van der Waals surface area contributed by atoms with E-state index in [1.807, 2.05) is 19.1 Å². The summed E-state index contributed by atoms with van der Waals surface area (Å²) in [6.45, 7) is 4.49. The molecular weight excluding hydrogens is 394 g/mol. The van der Waals surface area contributed by atoms with Crippen molar-refractivity contribution in [3.05, 3.63) is 70.4 Å². The van der Waals surface area contributed by atoms with Crippen LogP contribution in [0.15, 0.2) is 53.6 Å². The van der Waals surface area contributed by atoms with Crippen LogP contribution >= 0.6 is 0 Å². The number of benzene rings is 2. The highest BCUT2D eigenvalue weighted by Crippen LogP contribution is 2.20. The number of hydrogen-bond donors (Lipinski definition) is 1. The van der Waals surface area contributed by atoms with Crippen molar-refractivity contribution in [3.63, 3.8) is 0 Å². The van der Waals surface area contributed by atoms with Gasteiger partial charge in [-0.2, -0.15) is 5.10 Å². The number of unbranched alkanes of at least 4 members (excludes halogenated alkanes) is 2. The highest BCUT2D eigenvalue weighted by Gasteiger charge is 2.17. The Hall–Kier alpha value is -3.88. The van der Waals surface area contributed by atoms with Crippen LogP contribution in [-0.2, 0) is 6.54 Å². The van der Waals surface area contributed by atoms with Gasteiger partial charge in [0.25, 0.3) is 11.5 Å². The maximum atomic E-state index is 13.1. The Morgan fingerprint density at radius 2 is 1.90 bits per heavy atom. The van der Waals surface area contributed by atoms with E-state index >= 15 is 0 Å². The van der Waals surface area contributed by atoms with E-state index in [-0.39, 0.29) is 17.2 Å². The Morgan fingerprint density at radius 3 is 2.61 bits per heavy atom. The van der Waals surface area contributed by atoms with E-state index in [2.05, 4.69) is 32.9 Å². The largest absolute Gasteiger partial charge is 0.321 e. The highest BCUT2D eigenvalue weighted by atomic mass is 16.2. The van der Waals surface area contributed by atoms with E-state index in [1.165, 1.54) is 11.0 Å². The minimum Gasteiger partial charge on any atom is -0.321 e. The van der Waals surface area contributed by atoms with Crippen molar-refractivity contribution < 1.29 is 4.79 Å². The van der Waals surface area contributed by atoms with Gasteiger partial charge in [0.15, 0.2) is 5.69 Å². The summed E-state index contributed by atoms with van der Waals surface area (Å²) < 4.78 is 2.96. The second-order valence-electron chi connectivity index (χ2n) is 7.34. The first-order chi connectivity index (χ1) is 15.1. The fraction of sp³-hybridized carbons (Fsp3) is 0.273. The molecule has 0 atom stereocenters. The fourth-order valence-electron chi connectivity index (χ4n) is 3.52. The molecule has 1 amide bonds. The SMILES string of the molecule is CCCCCn1nc(C(=O)Nc2ccc(-n3cnnn3)c(C)c2)c2ccccc2c1=O. The molecule has 0 unspecified atom stereocenters. The smallest absolute Gasteiger partial charge is 0.276 e. The van der Waals surface area contributed by atoms with Crippen molar-refractivity contribution in [1.82, 2.24) is 30.0 Å². The number of aryl methyl sites for hydroxylation is 2. The molecule has 0 aliphatic heterocycles. The average Bonchev–Trinajstić information content (AvgIpc) is 3.30. The van der Waals surface area contributed by atoms with Gasteiger partial charge in [0.1, 0.15) is 6.33 Å². The number of aromatic nitrogens is 6. The first kappa shape index (κ1) is 20.4.